The fourth-order valence-electron chi connectivity index (χ4n) is 1.74. The molecule has 0 radical (unpaired) electrons. The highest BCUT2D eigenvalue weighted by Gasteiger charge is 2.37. The zero-order valence-electron chi connectivity index (χ0n) is 7.57. The van der Waals surface area contributed by atoms with E-state index in [4.69, 9.17) is 0 Å². The van der Waals surface area contributed by atoms with Gasteiger partial charge in [-0.05, 0) is 23.8 Å². The van der Waals surface area contributed by atoms with E-state index >= 15 is 0 Å². The molecule has 1 heteroatoms. The van der Waals surface area contributed by atoms with Crippen LogP contribution in [-0.2, 0) is 0 Å². The van der Waals surface area contributed by atoms with Crippen molar-refractivity contribution in [1.82, 2.24) is 5.32 Å². The molecule has 0 unspecified atom stereocenters. The Labute approximate surface area is 64.2 Å². The van der Waals surface area contributed by atoms with Crippen LogP contribution in [0.15, 0.2) is 0 Å². The molecule has 0 aliphatic carbocycles. The van der Waals surface area contributed by atoms with Crippen molar-refractivity contribution in [1.29, 1.82) is 0 Å². The van der Waals surface area contributed by atoms with E-state index in [2.05, 4.69) is 33.0 Å². The molecule has 1 fully saturated rings. The number of hydrogen-bond acceptors (Lipinski definition) is 1. The van der Waals surface area contributed by atoms with E-state index in [0.29, 0.717) is 5.41 Å². The van der Waals surface area contributed by atoms with Gasteiger partial charge in [0.1, 0.15) is 0 Å². The first-order valence-corrected chi connectivity index (χ1v) is 4.28. The van der Waals surface area contributed by atoms with Gasteiger partial charge in [-0.1, -0.05) is 27.7 Å². The van der Waals surface area contributed by atoms with Crippen LogP contribution >= 0.6 is 0 Å². The van der Waals surface area contributed by atoms with Crippen LogP contribution in [0.25, 0.3) is 0 Å². The summed E-state index contributed by atoms with van der Waals surface area (Å²) in [7, 11) is 0. The van der Waals surface area contributed by atoms with E-state index in [0.717, 1.165) is 11.8 Å². The van der Waals surface area contributed by atoms with Gasteiger partial charge in [-0.15, -0.1) is 0 Å². The number of hydrogen-bond donors (Lipinski definition) is 1. The molecule has 0 aromatic carbocycles. The summed E-state index contributed by atoms with van der Waals surface area (Å²) < 4.78 is 0. The molecule has 1 N–H and O–H groups in total. The highest BCUT2D eigenvalue weighted by molar-refractivity contribution is 4.91. The van der Waals surface area contributed by atoms with Gasteiger partial charge < -0.3 is 5.32 Å². The summed E-state index contributed by atoms with van der Waals surface area (Å²) >= 11 is 0. The molecule has 2 atom stereocenters. The van der Waals surface area contributed by atoms with Gasteiger partial charge in [0, 0.05) is 6.54 Å². The molecule has 1 nitrogen and oxygen atoms in total. The first-order chi connectivity index (χ1) is 4.57. The largest absolute Gasteiger partial charge is 0.316 e. The van der Waals surface area contributed by atoms with Crippen LogP contribution in [0.5, 0.6) is 0 Å². The molecule has 0 aromatic heterocycles. The highest BCUT2D eigenvalue weighted by Crippen LogP contribution is 2.37. The second kappa shape index (κ2) is 2.54. The van der Waals surface area contributed by atoms with Gasteiger partial charge in [0.25, 0.3) is 0 Å². The van der Waals surface area contributed by atoms with Gasteiger partial charge in [0.2, 0.25) is 0 Å². The lowest BCUT2D eigenvalue weighted by molar-refractivity contribution is 0.183. The lowest BCUT2D eigenvalue weighted by atomic mass is 9.72. The van der Waals surface area contributed by atoms with E-state index < -0.39 is 0 Å². The van der Waals surface area contributed by atoms with E-state index in [-0.39, 0.29) is 0 Å². The molecule has 1 aliphatic heterocycles. The Morgan fingerprint density at radius 3 is 2.30 bits per heavy atom. The Morgan fingerprint density at radius 2 is 2.10 bits per heavy atom. The van der Waals surface area contributed by atoms with Crippen molar-refractivity contribution in [2.45, 2.75) is 27.7 Å². The first kappa shape index (κ1) is 8.06. The second-order valence-electron chi connectivity index (χ2n) is 4.19. The zero-order chi connectivity index (χ0) is 7.78. The van der Waals surface area contributed by atoms with Crippen molar-refractivity contribution in [2.24, 2.45) is 17.3 Å². The summed E-state index contributed by atoms with van der Waals surface area (Å²) in [5.74, 6) is 1.64. The highest BCUT2D eigenvalue weighted by atomic mass is 14.9. The molecule has 1 rings (SSSR count). The normalized spacial score (nSPS) is 41.1. The third kappa shape index (κ3) is 1.07. The van der Waals surface area contributed by atoms with Crippen molar-refractivity contribution < 1.29 is 0 Å². The van der Waals surface area contributed by atoms with Crippen LogP contribution in [0.1, 0.15) is 27.7 Å². The Hall–Kier alpha value is -0.0400. The molecule has 0 aromatic rings. The molecular formula is C9H19N. The van der Waals surface area contributed by atoms with E-state index in [1.165, 1.54) is 13.1 Å². The van der Waals surface area contributed by atoms with Crippen LogP contribution in [0, 0.1) is 17.3 Å². The van der Waals surface area contributed by atoms with Crippen LogP contribution < -0.4 is 5.32 Å². The lowest BCUT2D eigenvalue weighted by Crippen LogP contribution is -2.30. The third-order valence-electron chi connectivity index (χ3n) is 3.40. The Morgan fingerprint density at radius 1 is 1.50 bits per heavy atom. The Balaban J connectivity index is 2.66. The molecule has 1 aliphatic rings. The lowest BCUT2D eigenvalue weighted by Gasteiger charge is -2.32. The van der Waals surface area contributed by atoms with Gasteiger partial charge >= 0.3 is 0 Å². The quantitative estimate of drug-likeness (QED) is 0.588. The first-order valence-electron chi connectivity index (χ1n) is 4.28. The summed E-state index contributed by atoms with van der Waals surface area (Å²) in [5.41, 5.74) is 0.542. The molecule has 60 valence electrons. The molecule has 1 saturated heterocycles. The van der Waals surface area contributed by atoms with Crippen LogP contribution in [-0.4, -0.2) is 13.1 Å². The standard InChI is InChI=1S/C9H19N/c1-7(2)9(4)6-10-5-8(9)3/h7-8,10H,5-6H2,1-4H3/t8-,9+/m1/s1. The van der Waals surface area contributed by atoms with Crippen molar-refractivity contribution >= 4 is 0 Å². The van der Waals surface area contributed by atoms with Crippen molar-refractivity contribution in [3.8, 4) is 0 Å². The van der Waals surface area contributed by atoms with Gasteiger partial charge in [0.05, 0.1) is 0 Å². The van der Waals surface area contributed by atoms with Gasteiger partial charge in [-0.3, -0.25) is 0 Å². The minimum atomic E-state index is 0.542. The fraction of sp³-hybridized carbons (Fsp3) is 1.00. The van der Waals surface area contributed by atoms with E-state index in [1.807, 2.05) is 0 Å². The smallest absolute Gasteiger partial charge is 0.00108 e. The second-order valence-corrected chi connectivity index (χ2v) is 4.19. The van der Waals surface area contributed by atoms with Crippen molar-refractivity contribution in [3.63, 3.8) is 0 Å². The third-order valence-corrected chi connectivity index (χ3v) is 3.40. The monoisotopic (exact) mass is 141 g/mol. The summed E-state index contributed by atoms with van der Waals surface area (Å²) in [6, 6.07) is 0. The predicted molar refractivity (Wildman–Crippen MR) is 45.0 cm³/mol. The predicted octanol–water partition coefficient (Wildman–Crippen LogP) is 1.89. The zero-order valence-corrected chi connectivity index (χ0v) is 7.57. The molecule has 1 heterocycles. The fourth-order valence-corrected chi connectivity index (χ4v) is 1.74. The van der Waals surface area contributed by atoms with Crippen molar-refractivity contribution in [3.05, 3.63) is 0 Å². The molecule has 10 heavy (non-hydrogen) atoms. The summed E-state index contributed by atoms with van der Waals surface area (Å²) in [5, 5.41) is 3.44. The minimum Gasteiger partial charge on any atom is -0.316 e. The molecule has 0 bridgehead atoms. The number of rotatable bonds is 1. The molecule has 0 spiro atoms. The summed E-state index contributed by atoms with van der Waals surface area (Å²) in [4.78, 5) is 0. The Bertz CT molecular complexity index is 120. The van der Waals surface area contributed by atoms with Gasteiger partial charge in [-0.2, -0.15) is 0 Å². The number of nitrogens with one attached hydrogen (secondary N) is 1. The van der Waals surface area contributed by atoms with Crippen LogP contribution in [0.2, 0.25) is 0 Å². The maximum absolute atomic E-state index is 3.44. The average Bonchev–Trinajstić information content (AvgIpc) is 2.15. The maximum Gasteiger partial charge on any atom is 0.00108 e. The Kier molecular flexibility index (Phi) is 2.04. The molecule has 0 amide bonds. The van der Waals surface area contributed by atoms with E-state index in [1.54, 1.807) is 0 Å². The molecular weight excluding hydrogens is 122 g/mol. The molecule has 0 saturated carbocycles. The van der Waals surface area contributed by atoms with E-state index in [9.17, 15) is 0 Å². The van der Waals surface area contributed by atoms with Crippen molar-refractivity contribution in [2.75, 3.05) is 13.1 Å². The summed E-state index contributed by atoms with van der Waals surface area (Å²) in [6.07, 6.45) is 0. The van der Waals surface area contributed by atoms with Crippen LogP contribution in [0.4, 0.5) is 0 Å². The average molecular weight is 141 g/mol. The summed E-state index contributed by atoms with van der Waals surface area (Å²) in [6.45, 7) is 11.8. The van der Waals surface area contributed by atoms with Gasteiger partial charge in [-0.25, -0.2) is 0 Å². The van der Waals surface area contributed by atoms with Crippen LogP contribution in [0.3, 0.4) is 0 Å². The SMILES string of the molecule is CC(C)[C@]1(C)CNC[C@H]1C. The minimum absolute atomic E-state index is 0.542. The topological polar surface area (TPSA) is 12.0 Å². The maximum atomic E-state index is 3.44. The van der Waals surface area contributed by atoms with Gasteiger partial charge in [0.15, 0.2) is 0 Å².